The number of hydrogen-bond acceptors (Lipinski definition) is 8. The van der Waals surface area contributed by atoms with E-state index in [0.717, 1.165) is 55.3 Å². The van der Waals surface area contributed by atoms with Gasteiger partial charge in [0, 0.05) is 52.8 Å². The molecule has 8 rings (SSSR count). The molecule has 8 aromatic rings. The van der Waals surface area contributed by atoms with Gasteiger partial charge in [0.1, 0.15) is 11.4 Å². The number of aliphatic carboxylic acids is 1. The summed E-state index contributed by atoms with van der Waals surface area (Å²) in [6.07, 6.45) is 13.8. The quantitative estimate of drug-likeness (QED) is 0.0647. The van der Waals surface area contributed by atoms with E-state index < -0.39 is 5.97 Å². The number of carboxylic acid groups (broad SMARTS) is 1. The van der Waals surface area contributed by atoms with Crippen LogP contribution in [0.25, 0.3) is 40.0 Å². The van der Waals surface area contributed by atoms with E-state index in [1.807, 2.05) is 114 Å². The van der Waals surface area contributed by atoms with E-state index in [1.165, 1.54) is 6.08 Å². The molecule has 0 aliphatic carbocycles. The molecule has 0 aliphatic rings. The Bertz CT molecular complexity index is 2570. The fourth-order valence-corrected chi connectivity index (χ4v) is 5.81. The number of Topliss-reactive ketones (excluding diaryl/α,β-unsaturated/α-hetero) is 1. The molecule has 10 nitrogen and oxygen atoms in total. The lowest BCUT2D eigenvalue weighted by Gasteiger charge is -2.09. The van der Waals surface area contributed by atoms with Gasteiger partial charge in [-0.3, -0.25) is 34.3 Å². The van der Waals surface area contributed by atoms with Gasteiger partial charge >= 0.3 is 0 Å². The summed E-state index contributed by atoms with van der Waals surface area (Å²) in [5, 5.41) is 7.42. The Morgan fingerprint density at radius 3 is 1.50 bits per heavy atom. The van der Waals surface area contributed by atoms with Crippen molar-refractivity contribution < 1.29 is 24.1 Å². The summed E-state index contributed by atoms with van der Waals surface area (Å²) in [6, 6.07) is 48.2. The van der Waals surface area contributed by atoms with Crippen molar-refractivity contribution in [1.82, 2.24) is 24.9 Å². The molecule has 0 bridgehead atoms. The Hall–Kier alpha value is -6.42. The zero-order chi connectivity index (χ0) is 43.2. The Balaban J connectivity index is 0.000000201. The highest BCUT2D eigenvalue weighted by atomic mass is 127. The summed E-state index contributed by atoms with van der Waals surface area (Å²) in [4.78, 5) is 54.1. The standard InChI is InChI=1S/C21H14BrN3.C14H10BrNO.C12H11N2O.C2H4O2.HI/c22-17-9-7-15(8-10-17)16-13-20(18-5-1-3-11-23-18)25-21(14-16)19-6-2-4-12-24-19;15-12-7-4-11(5-8-12)6-9-14(17)13-3-1-2-10-16-13;15-12(11-6-2-3-7-13-11)10-14-8-4-1-5-9-14;1-2(3)4;/h1-14H;1-10H;1-9H,10H2;1H3,(H,3,4);1H/q;;+1;;/b;9-6+;;;. The van der Waals surface area contributed by atoms with E-state index in [9.17, 15) is 9.59 Å². The van der Waals surface area contributed by atoms with Gasteiger partial charge in [-0.05, 0) is 108 Å². The third kappa shape index (κ3) is 16.6. The van der Waals surface area contributed by atoms with Crippen molar-refractivity contribution in [2.45, 2.75) is 13.5 Å². The number of hydrogen-bond donors (Lipinski definition) is 1. The van der Waals surface area contributed by atoms with Crippen LogP contribution in [0, 0.1) is 0 Å². The molecule has 0 saturated heterocycles. The number of carbonyl (C=O) groups excluding carboxylic acids is 2. The van der Waals surface area contributed by atoms with E-state index in [-0.39, 0.29) is 35.5 Å². The number of nitrogens with zero attached hydrogens (tertiary/aromatic N) is 6. The second kappa shape index (κ2) is 26.0. The second-order valence-corrected chi connectivity index (χ2v) is 14.6. The van der Waals surface area contributed by atoms with Crippen LogP contribution >= 0.6 is 55.8 Å². The zero-order valence-electron chi connectivity index (χ0n) is 33.3. The average Bonchev–Trinajstić information content (AvgIpc) is 3.30. The maximum absolute atomic E-state index is 11.7. The number of benzene rings is 2. The third-order valence-electron chi connectivity index (χ3n) is 8.13. The fraction of sp³-hybridized carbons (Fsp3) is 0.0408. The summed E-state index contributed by atoms with van der Waals surface area (Å²) in [7, 11) is 0. The molecule has 0 amide bonds. The largest absolute Gasteiger partial charge is 0.481 e. The van der Waals surface area contributed by atoms with Crippen LogP contribution in [0.4, 0.5) is 0 Å². The fourth-order valence-electron chi connectivity index (χ4n) is 5.28. The predicted molar refractivity (Wildman–Crippen MR) is 260 cm³/mol. The molecule has 1 N–H and O–H groups in total. The van der Waals surface area contributed by atoms with Crippen LogP contribution in [0.1, 0.15) is 33.5 Å². The highest BCUT2D eigenvalue weighted by Gasteiger charge is 2.12. The van der Waals surface area contributed by atoms with Gasteiger partial charge in [0.15, 0.2) is 12.4 Å². The predicted octanol–water partition coefficient (Wildman–Crippen LogP) is 11.3. The lowest BCUT2D eigenvalue weighted by Crippen LogP contribution is -2.37. The van der Waals surface area contributed by atoms with Crippen molar-refractivity contribution in [1.29, 1.82) is 0 Å². The average molecular weight is 1060 g/mol. The van der Waals surface area contributed by atoms with Crippen LogP contribution < -0.4 is 4.57 Å². The SMILES string of the molecule is Brc1ccc(-c2cc(-c3ccccn3)nc(-c3ccccn3)c2)cc1.CC(=O)O.I.O=C(/C=C/c1ccc(Br)cc1)c1ccccn1.O=C(C[n+]1ccccc1)c1ccccn1. The Morgan fingerprint density at radius 2 is 1.03 bits per heavy atom. The molecule has 0 radical (unpaired) electrons. The molecule has 0 fully saturated rings. The number of carboxylic acids is 1. The first-order valence-corrected chi connectivity index (χ1v) is 20.3. The molecule has 6 aromatic heterocycles. The first kappa shape index (κ1) is 48.2. The maximum Gasteiger partial charge on any atom is 0.300 e. The van der Waals surface area contributed by atoms with Crippen molar-refractivity contribution in [2.75, 3.05) is 0 Å². The monoisotopic (exact) mass is 1060 g/mol. The molecule has 13 heteroatoms. The van der Waals surface area contributed by atoms with Crippen molar-refractivity contribution in [2.24, 2.45) is 0 Å². The maximum atomic E-state index is 11.7. The minimum atomic E-state index is -0.833. The van der Waals surface area contributed by atoms with Crippen molar-refractivity contribution in [3.8, 4) is 33.9 Å². The van der Waals surface area contributed by atoms with E-state index in [4.69, 9.17) is 14.9 Å². The van der Waals surface area contributed by atoms with Crippen LogP contribution in [0.15, 0.2) is 204 Å². The van der Waals surface area contributed by atoms with Crippen molar-refractivity contribution in [3.05, 3.63) is 221 Å². The lowest BCUT2D eigenvalue weighted by molar-refractivity contribution is -0.683. The summed E-state index contributed by atoms with van der Waals surface area (Å²) < 4.78 is 3.91. The highest BCUT2D eigenvalue weighted by Crippen LogP contribution is 2.29. The second-order valence-electron chi connectivity index (χ2n) is 12.7. The van der Waals surface area contributed by atoms with Crippen molar-refractivity contribution in [3.63, 3.8) is 0 Å². The van der Waals surface area contributed by atoms with Gasteiger partial charge < -0.3 is 5.11 Å². The topological polar surface area (TPSA) is 140 Å². The van der Waals surface area contributed by atoms with Crippen molar-refractivity contribution >= 4 is 79.4 Å². The van der Waals surface area contributed by atoms with E-state index in [1.54, 1.807) is 61.2 Å². The third-order valence-corrected chi connectivity index (χ3v) is 9.18. The molecule has 0 saturated carbocycles. The number of pyridine rings is 6. The van der Waals surface area contributed by atoms with Gasteiger partial charge in [-0.2, -0.15) is 4.57 Å². The molecule has 2 aromatic carbocycles. The van der Waals surface area contributed by atoms with E-state index >= 15 is 0 Å². The van der Waals surface area contributed by atoms with Crippen LogP contribution in [0.2, 0.25) is 0 Å². The molecular weight excluding hydrogens is 1020 g/mol. The smallest absolute Gasteiger partial charge is 0.300 e. The number of carbonyl (C=O) groups is 3. The van der Waals surface area contributed by atoms with Gasteiger partial charge in [0.2, 0.25) is 18.1 Å². The molecule has 0 aliphatic heterocycles. The minimum Gasteiger partial charge on any atom is -0.481 e. The van der Waals surface area contributed by atoms with Crippen LogP contribution in [0.3, 0.4) is 0 Å². The number of rotatable bonds is 9. The molecular formula is C49H40Br2IN6O4+. The lowest BCUT2D eigenvalue weighted by atomic mass is 10.0. The first-order valence-electron chi connectivity index (χ1n) is 18.7. The van der Waals surface area contributed by atoms with Gasteiger partial charge in [-0.15, -0.1) is 24.0 Å². The first-order chi connectivity index (χ1) is 29.6. The molecule has 6 heterocycles. The molecule has 62 heavy (non-hydrogen) atoms. The zero-order valence-corrected chi connectivity index (χ0v) is 38.8. The van der Waals surface area contributed by atoms with E-state index in [2.05, 4.69) is 76.1 Å². The highest BCUT2D eigenvalue weighted by molar-refractivity contribution is 14.0. The minimum absolute atomic E-state index is 0. The van der Waals surface area contributed by atoms with Crippen LogP contribution in [-0.4, -0.2) is 47.6 Å². The Kier molecular flexibility index (Phi) is 20.3. The summed E-state index contributed by atoms with van der Waals surface area (Å²) >= 11 is 6.85. The van der Waals surface area contributed by atoms with Crippen LogP contribution in [-0.2, 0) is 11.3 Å². The summed E-state index contributed by atoms with van der Waals surface area (Å²) in [5.74, 6) is -0.902. The van der Waals surface area contributed by atoms with Gasteiger partial charge in [0.25, 0.3) is 5.97 Å². The molecule has 0 atom stereocenters. The summed E-state index contributed by atoms with van der Waals surface area (Å²) in [6.45, 7) is 1.41. The molecule has 0 unspecified atom stereocenters. The van der Waals surface area contributed by atoms with Crippen LogP contribution in [0.5, 0.6) is 0 Å². The number of allylic oxidation sites excluding steroid dienone is 1. The Morgan fingerprint density at radius 1 is 0.565 bits per heavy atom. The molecule has 310 valence electrons. The summed E-state index contributed by atoms with van der Waals surface area (Å²) in [5.41, 5.74) is 7.52. The number of aromatic nitrogens is 6. The van der Waals surface area contributed by atoms with Gasteiger partial charge in [-0.1, -0.05) is 92.5 Å². The number of halogens is 3. The number of ketones is 2. The molecule has 0 spiro atoms. The van der Waals surface area contributed by atoms with Gasteiger partial charge in [-0.25, -0.2) is 4.98 Å². The van der Waals surface area contributed by atoms with Gasteiger partial charge in [0.05, 0.1) is 22.8 Å². The Labute approximate surface area is 393 Å². The normalized spacial score (nSPS) is 9.98. The van der Waals surface area contributed by atoms with E-state index in [0.29, 0.717) is 17.9 Å².